The molecule has 2 amide bonds. The number of aryl methyl sites for hydroxylation is 1. The molecule has 0 radical (unpaired) electrons. The molecule has 0 saturated carbocycles. The number of carbonyl (C=O) groups is 2. The summed E-state index contributed by atoms with van der Waals surface area (Å²) in [6.45, 7) is 4.66. The third kappa shape index (κ3) is 6.99. The molecular weight excluding hydrogens is 442 g/mol. The van der Waals surface area contributed by atoms with Crippen LogP contribution >= 0.6 is 0 Å². The monoisotopic (exact) mass is 473 g/mol. The average molecular weight is 474 g/mol. The lowest BCUT2D eigenvalue weighted by atomic mass is 10.00. The summed E-state index contributed by atoms with van der Waals surface area (Å²) in [5, 5.41) is 14.5. The third-order valence-corrected chi connectivity index (χ3v) is 5.95. The van der Waals surface area contributed by atoms with Crippen LogP contribution in [0.1, 0.15) is 35.6 Å². The first kappa shape index (κ1) is 25.6. The van der Waals surface area contributed by atoms with Gasteiger partial charge in [-0.3, -0.25) is 19.7 Å². The van der Waals surface area contributed by atoms with Crippen LogP contribution in [0.15, 0.2) is 78.9 Å². The summed E-state index contributed by atoms with van der Waals surface area (Å²) in [6.07, 6.45) is 0.937. The van der Waals surface area contributed by atoms with Crippen LogP contribution in [-0.2, 0) is 29.0 Å². The molecule has 1 N–H and O–H groups in total. The van der Waals surface area contributed by atoms with E-state index in [4.69, 9.17) is 0 Å². The second-order valence-corrected chi connectivity index (χ2v) is 8.51. The summed E-state index contributed by atoms with van der Waals surface area (Å²) in [5.74, 6) is -0.574. The van der Waals surface area contributed by atoms with Crippen molar-refractivity contribution in [1.29, 1.82) is 0 Å². The first-order valence-corrected chi connectivity index (χ1v) is 11.8. The summed E-state index contributed by atoms with van der Waals surface area (Å²) >= 11 is 0. The molecule has 0 saturated heterocycles. The van der Waals surface area contributed by atoms with Crippen molar-refractivity contribution in [3.63, 3.8) is 0 Å². The Labute approximate surface area is 205 Å². The number of carbonyl (C=O) groups excluding carboxylic acids is 2. The van der Waals surface area contributed by atoms with E-state index in [9.17, 15) is 19.7 Å². The van der Waals surface area contributed by atoms with Crippen LogP contribution in [0.3, 0.4) is 0 Å². The van der Waals surface area contributed by atoms with Crippen LogP contribution in [0, 0.1) is 17.0 Å². The van der Waals surface area contributed by atoms with Crippen molar-refractivity contribution in [2.75, 3.05) is 6.54 Å². The van der Waals surface area contributed by atoms with Gasteiger partial charge in [-0.2, -0.15) is 0 Å². The largest absolute Gasteiger partial charge is 0.354 e. The lowest BCUT2D eigenvalue weighted by Crippen LogP contribution is -2.51. The maximum atomic E-state index is 13.7. The second kappa shape index (κ2) is 12.5. The zero-order chi connectivity index (χ0) is 25.2. The van der Waals surface area contributed by atoms with E-state index in [0.717, 1.165) is 23.1 Å². The minimum atomic E-state index is -0.765. The van der Waals surface area contributed by atoms with Gasteiger partial charge in [-0.15, -0.1) is 0 Å². The first-order chi connectivity index (χ1) is 16.9. The molecule has 0 heterocycles. The Morgan fingerprint density at radius 2 is 1.57 bits per heavy atom. The maximum Gasteiger partial charge on any atom is 0.273 e. The molecule has 0 aliphatic heterocycles. The van der Waals surface area contributed by atoms with Crippen molar-refractivity contribution in [3.05, 3.63) is 111 Å². The molecule has 0 fully saturated rings. The van der Waals surface area contributed by atoms with Gasteiger partial charge in [0.25, 0.3) is 5.69 Å². The zero-order valence-corrected chi connectivity index (χ0v) is 20.1. The number of nitro groups is 1. The van der Waals surface area contributed by atoms with Crippen molar-refractivity contribution >= 4 is 17.5 Å². The molecule has 3 aromatic carbocycles. The van der Waals surface area contributed by atoms with E-state index < -0.39 is 11.0 Å². The summed E-state index contributed by atoms with van der Waals surface area (Å²) in [6, 6.07) is 22.8. The molecule has 0 aromatic heterocycles. The lowest BCUT2D eigenvalue weighted by Gasteiger charge is -2.32. The summed E-state index contributed by atoms with van der Waals surface area (Å²) in [4.78, 5) is 39.7. The van der Waals surface area contributed by atoms with Gasteiger partial charge in [-0.25, -0.2) is 0 Å². The van der Waals surface area contributed by atoms with Crippen LogP contribution in [0.4, 0.5) is 5.69 Å². The lowest BCUT2D eigenvalue weighted by molar-refractivity contribution is -0.385. The van der Waals surface area contributed by atoms with Crippen LogP contribution in [0.2, 0.25) is 0 Å². The van der Waals surface area contributed by atoms with E-state index >= 15 is 0 Å². The first-order valence-electron chi connectivity index (χ1n) is 11.8. The van der Waals surface area contributed by atoms with Crippen molar-refractivity contribution in [2.45, 2.75) is 45.7 Å². The van der Waals surface area contributed by atoms with Gasteiger partial charge in [0.05, 0.1) is 11.3 Å². The van der Waals surface area contributed by atoms with E-state index in [1.54, 1.807) is 23.1 Å². The minimum Gasteiger partial charge on any atom is -0.354 e. The zero-order valence-electron chi connectivity index (χ0n) is 20.1. The van der Waals surface area contributed by atoms with E-state index in [2.05, 4.69) is 5.32 Å². The van der Waals surface area contributed by atoms with Crippen molar-refractivity contribution in [3.8, 4) is 0 Å². The number of hydrogen-bond donors (Lipinski definition) is 1. The molecule has 0 bridgehead atoms. The average Bonchev–Trinajstić information content (AvgIpc) is 2.86. The normalized spacial score (nSPS) is 11.5. The fourth-order valence-electron chi connectivity index (χ4n) is 3.99. The molecule has 7 nitrogen and oxygen atoms in total. The number of rotatable bonds is 11. The van der Waals surface area contributed by atoms with E-state index in [1.165, 1.54) is 6.07 Å². The van der Waals surface area contributed by atoms with Crippen molar-refractivity contribution in [1.82, 2.24) is 10.2 Å². The van der Waals surface area contributed by atoms with Crippen LogP contribution in [0.25, 0.3) is 0 Å². The maximum absolute atomic E-state index is 13.7. The molecular formula is C28H31N3O4. The van der Waals surface area contributed by atoms with E-state index in [0.29, 0.717) is 18.5 Å². The summed E-state index contributed by atoms with van der Waals surface area (Å²) in [7, 11) is 0. The van der Waals surface area contributed by atoms with Gasteiger partial charge in [0.2, 0.25) is 11.8 Å². The van der Waals surface area contributed by atoms with Crippen molar-refractivity contribution in [2.24, 2.45) is 0 Å². The third-order valence-electron chi connectivity index (χ3n) is 5.95. The fraction of sp³-hybridized carbons (Fsp3) is 0.286. The Kier molecular flexibility index (Phi) is 9.12. The molecule has 0 aliphatic carbocycles. The Bertz CT molecular complexity index is 1160. The van der Waals surface area contributed by atoms with Gasteiger partial charge in [0, 0.05) is 31.1 Å². The molecule has 0 unspecified atom stereocenters. The van der Waals surface area contributed by atoms with Gasteiger partial charge in [-0.05, 0) is 30.0 Å². The number of nitrogens with zero attached hydrogens (tertiary/aromatic N) is 2. The predicted octanol–water partition coefficient (Wildman–Crippen LogP) is 4.61. The van der Waals surface area contributed by atoms with Crippen LogP contribution in [-0.4, -0.2) is 34.2 Å². The van der Waals surface area contributed by atoms with Crippen LogP contribution < -0.4 is 5.32 Å². The molecule has 7 heteroatoms. The topological polar surface area (TPSA) is 92.6 Å². The number of amides is 2. The quantitative estimate of drug-likeness (QED) is 0.325. The minimum absolute atomic E-state index is 0.105. The molecule has 3 rings (SSSR count). The molecule has 1 atom stereocenters. The second-order valence-electron chi connectivity index (χ2n) is 8.51. The molecule has 182 valence electrons. The Hall–Kier alpha value is -4.00. The summed E-state index contributed by atoms with van der Waals surface area (Å²) in [5.41, 5.74) is 3.07. The Balaban J connectivity index is 2.01. The standard InChI is InChI=1S/C28H31N3O4/c1-3-17-29-28(33)26(18-22-12-5-4-6-13-22)30(20-24-15-8-7-11-21(24)2)27(32)19-23-14-9-10-16-25(23)31(34)35/h4-16,26H,3,17-20H2,1-2H3,(H,29,33)/t26-/m0/s1. The van der Waals surface area contributed by atoms with E-state index in [1.807, 2.05) is 68.4 Å². The Morgan fingerprint density at radius 3 is 2.23 bits per heavy atom. The predicted molar refractivity (Wildman–Crippen MR) is 136 cm³/mol. The molecule has 35 heavy (non-hydrogen) atoms. The highest BCUT2D eigenvalue weighted by Crippen LogP contribution is 2.22. The molecule has 0 aliphatic rings. The van der Waals surface area contributed by atoms with Gasteiger partial charge in [0.1, 0.15) is 6.04 Å². The highest BCUT2D eigenvalue weighted by molar-refractivity contribution is 5.89. The van der Waals surface area contributed by atoms with Crippen molar-refractivity contribution < 1.29 is 14.5 Å². The van der Waals surface area contributed by atoms with Gasteiger partial charge < -0.3 is 10.2 Å². The number of nitrogens with one attached hydrogen (secondary N) is 1. The highest BCUT2D eigenvalue weighted by Gasteiger charge is 2.31. The van der Waals surface area contributed by atoms with E-state index in [-0.39, 0.29) is 30.5 Å². The molecule has 3 aromatic rings. The number of para-hydroxylation sites is 1. The summed E-state index contributed by atoms with van der Waals surface area (Å²) < 4.78 is 0. The van der Waals surface area contributed by atoms with Gasteiger partial charge >= 0.3 is 0 Å². The number of hydrogen-bond acceptors (Lipinski definition) is 4. The fourth-order valence-corrected chi connectivity index (χ4v) is 3.99. The number of benzene rings is 3. The Morgan fingerprint density at radius 1 is 0.943 bits per heavy atom. The van der Waals surface area contributed by atoms with Gasteiger partial charge in [-0.1, -0.05) is 79.7 Å². The smallest absolute Gasteiger partial charge is 0.273 e. The molecule has 0 spiro atoms. The number of nitro benzene ring substituents is 1. The SMILES string of the molecule is CCCNC(=O)[C@H](Cc1ccccc1)N(Cc1ccccc1C)C(=O)Cc1ccccc1[N+](=O)[O-]. The van der Waals surface area contributed by atoms with Gasteiger partial charge in [0.15, 0.2) is 0 Å². The highest BCUT2D eigenvalue weighted by atomic mass is 16.6. The van der Waals surface area contributed by atoms with Crippen LogP contribution in [0.5, 0.6) is 0 Å².